The molecule has 37 heavy (non-hydrogen) atoms. The van der Waals surface area contributed by atoms with Crippen molar-refractivity contribution in [3.8, 4) is 0 Å². The second-order valence-corrected chi connectivity index (χ2v) is 10.7. The van der Waals surface area contributed by atoms with Crippen molar-refractivity contribution in [2.24, 2.45) is 5.41 Å². The van der Waals surface area contributed by atoms with Gasteiger partial charge in [0.05, 0.1) is 0 Å². The van der Waals surface area contributed by atoms with Crippen LogP contribution >= 0.6 is 0 Å². The van der Waals surface area contributed by atoms with Crippen LogP contribution in [0.3, 0.4) is 0 Å². The third-order valence-corrected chi connectivity index (χ3v) is 5.90. The predicted molar refractivity (Wildman–Crippen MR) is 146 cm³/mol. The Labute approximate surface area is 217 Å². The molecule has 196 valence electrons. The smallest absolute Gasteiger partial charge is 0.255 e. The van der Waals surface area contributed by atoms with Crippen molar-refractivity contribution in [2.45, 2.75) is 40.2 Å². The maximum absolute atomic E-state index is 13.5. The van der Waals surface area contributed by atoms with Gasteiger partial charge in [-0.05, 0) is 61.2 Å². The molecule has 0 spiro atoms. The molecule has 2 aromatic carbocycles. The first-order chi connectivity index (χ1) is 17.6. The summed E-state index contributed by atoms with van der Waals surface area (Å²) in [4.78, 5) is 28.8. The minimum atomic E-state index is -0.413. The van der Waals surface area contributed by atoms with Crippen molar-refractivity contribution in [1.82, 2.24) is 20.3 Å². The summed E-state index contributed by atoms with van der Waals surface area (Å²) in [5.74, 6) is 0.679. The number of hydrogen-bond acceptors (Lipinski definition) is 8. The van der Waals surface area contributed by atoms with Crippen LogP contribution in [0.25, 0.3) is 0 Å². The van der Waals surface area contributed by atoms with Crippen LogP contribution in [-0.4, -0.2) is 53.6 Å². The fourth-order valence-electron chi connectivity index (χ4n) is 4.19. The van der Waals surface area contributed by atoms with Gasteiger partial charge in [-0.25, -0.2) is 4.39 Å². The number of aryl methyl sites for hydroxylation is 1. The number of carbonyl (C=O) groups is 1. The number of aromatic nitrogens is 3. The summed E-state index contributed by atoms with van der Waals surface area (Å²) in [6.07, 6.45) is 0.989. The second-order valence-electron chi connectivity index (χ2n) is 10.7. The molecule has 10 heteroatoms. The first kappa shape index (κ1) is 26.3. The van der Waals surface area contributed by atoms with Crippen LogP contribution in [0.5, 0.6) is 0 Å². The molecule has 0 radical (unpaired) electrons. The average Bonchev–Trinajstić information content (AvgIpc) is 3.32. The summed E-state index contributed by atoms with van der Waals surface area (Å²) >= 11 is 0. The number of amides is 1. The number of benzene rings is 2. The van der Waals surface area contributed by atoms with E-state index in [-0.39, 0.29) is 17.4 Å². The molecule has 0 saturated carbocycles. The molecule has 1 saturated heterocycles. The molecule has 1 amide bonds. The molecule has 4 rings (SSSR count). The Morgan fingerprint density at radius 3 is 2.62 bits per heavy atom. The van der Waals surface area contributed by atoms with Crippen LogP contribution in [0.1, 0.15) is 43.1 Å². The quantitative estimate of drug-likeness (QED) is 0.352. The van der Waals surface area contributed by atoms with Gasteiger partial charge in [0.25, 0.3) is 5.91 Å². The normalized spacial score (nSPS) is 15.4. The molecule has 1 fully saturated rings. The van der Waals surface area contributed by atoms with Gasteiger partial charge >= 0.3 is 0 Å². The molecule has 1 aliphatic heterocycles. The molecule has 1 atom stereocenters. The Hall–Kier alpha value is -3.79. The Balaban J connectivity index is 1.59. The minimum absolute atomic E-state index is 0.0535. The highest BCUT2D eigenvalue weighted by Gasteiger charge is 2.20. The van der Waals surface area contributed by atoms with Crippen LogP contribution in [-0.2, 0) is 0 Å². The van der Waals surface area contributed by atoms with Crippen molar-refractivity contribution in [3.63, 3.8) is 0 Å². The molecule has 9 nitrogen and oxygen atoms in total. The lowest BCUT2D eigenvalue weighted by atomic mass is 9.96. The molecular formula is C27H35FN8O. The van der Waals surface area contributed by atoms with Crippen LogP contribution in [0.15, 0.2) is 42.5 Å². The van der Waals surface area contributed by atoms with E-state index in [1.807, 2.05) is 24.9 Å². The van der Waals surface area contributed by atoms with Gasteiger partial charge in [0.1, 0.15) is 5.82 Å². The molecule has 0 aliphatic carbocycles. The zero-order chi connectivity index (χ0) is 26.6. The minimum Gasteiger partial charge on any atom is -0.350 e. The SMILES string of the molecule is Cc1ccc(C(=O)Nc2cccc(F)c2)cc1Nc1nc(N[C@H]2CCNC2)nc(N(C)CC(C)(C)C)n1. The Morgan fingerprint density at radius 1 is 1.14 bits per heavy atom. The molecular weight excluding hydrogens is 471 g/mol. The third kappa shape index (κ3) is 7.36. The van der Waals surface area contributed by atoms with Gasteiger partial charge in [-0.3, -0.25) is 4.79 Å². The summed E-state index contributed by atoms with van der Waals surface area (Å²) in [7, 11) is 1.97. The van der Waals surface area contributed by atoms with E-state index in [2.05, 4.69) is 57.0 Å². The lowest BCUT2D eigenvalue weighted by Gasteiger charge is -2.27. The predicted octanol–water partition coefficient (Wildman–Crippen LogP) is 4.57. The van der Waals surface area contributed by atoms with E-state index in [0.717, 1.165) is 31.6 Å². The van der Waals surface area contributed by atoms with Gasteiger partial charge in [-0.15, -0.1) is 0 Å². The summed E-state index contributed by atoms with van der Waals surface area (Å²) in [6, 6.07) is 11.4. The van der Waals surface area contributed by atoms with Gasteiger partial charge in [0.2, 0.25) is 17.8 Å². The number of hydrogen-bond donors (Lipinski definition) is 4. The topological polar surface area (TPSA) is 107 Å². The lowest BCUT2D eigenvalue weighted by molar-refractivity contribution is 0.102. The van der Waals surface area contributed by atoms with Gasteiger partial charge in [0, 0.05) is 43.1 Å². The monoisotopic (exact) mass is 506 g/mol. The Morgan fingerprint density at radius 2 is 1.92 bits per heavy atom. The number of nitrogens with one attached hydrogen (secondary N) is 4. The van der Waals surface area contributed by atoms with Crippen LogP contribution in [0.4, 0.5) is 33.6 Å². The van der Waals surface area contributed by atoms with E-state index in [1.165, 1.54) is 12.1 Å². The maximum Gasteiger partial charge on any atom is 0.255 e. The molecule has 1 aliphatic rings. The zero-order valence-electron chi connectivity index (χ0n) is 22.0. The van der Waals surface area contributed by atoms with Crippen LogP contribution < -0.4 is 26.2 Å². The first-order valence-corrected chi connectivity index (χ1v) is 12.4. The highest BCUT2D eigenvalue weighted by Crippen LogP contribution is 2.24. The van der Waals surface area contributed by atoms with E-state index in [0.29, 0.717) is 34.8 Å². The summed E-state index contributed by atoms with van der Waals surface area (Å²) in [5, 5.41) is 12.8. The Kier molecular flexibility index (Phi) is 7.87. The zero-order valence-corrected chi connectivity index (χ0v) is 22.0. The van der Waals surface area contributed by atoms with Gasteiger partial charge in [0.15, 0.2) is 0 Å². The van der Waals surface area contributed by atoms with E-state index < -0.39 is 5.82 Å². The average molecular weight is 507 g/mol. The highest BCUT2D eigenvalue weighted by atomic mass is 19.1. The van der Waals surface area contributed by atoms with Crippen molar-refractivity contribution in [2.75, 3.05) is 47.5 Å². The van der Waals surface area contributed by atoms with E-state index in [9.17, 15) is 9.18 Å². The van der Waals surface area contributed by atoms with Crippen molar-refractivity contribution in [1.29, 1.82) is 0 Å². The van der Waals surface area contributed by atoms with Crippen molar-refractivity contribution >= 4 is 35.1 Å². The van der Waals surface area contributed by atoms with Crippen LogP contribution in [0.2, 0.25) is 0 Å². The molecule has 3 aromatic rings. The van der Waals surface area contributed by atoms with E-state index in [1.54, 1.807) is 24.3 Å². The number of anilines is 5. The molecule has 0 unspecified atom stereocenters. The third-order valence-electron chi connectivity index (χ3n) is 5.90. The Bertz CT molecular complexity index is 1250. The van der Waals surface area contributed by atoms with Crippen molar-refractivity contribution < 1.29 is 9.18 Å². The van der Waals surface area contributed by atoms with Gasteiger partial charge in [-0.1, -0.05) is 32.9 Å². The first-order valence-electron chi connectivity index (χ1n) is 12.4. The van der Waals surface area contributed by atoms with E-state index >= 15 is 0 Å². The lowest BCUT2D eigenvalue weighted by Crippen LogP contribution is -2.31. The van der Waals surface area contributed by atoms with Gasteiger partial charge < -0.3 is 26.2 Å². The largest absolute Gasteiger partial charge is 0.350 e. The number of halogens is 1. The van der Waals surface area contributed by atoms with Crippen molar-refractivity contribution in [3.05, 3.63) is 59.4 Å². The number of carbonyl (C=O) groups excluding carboxylic acids is 1. The number of nitrogens with zero attached hydrogens (tertiary/aromatic N) is 4. The second kappa shape index (κ2) is 11.1. The highest BCUT2D eigenvalue weighted by molar-refractivity contribution is 6.05. The number of rotatable bonds is 8. The van der Waals surface area contributed by atoms with E-state index in [4.69, 9.17) is 0 Å². The molecule has 4 N–H and O–H groups in total. The van der Waals surface area contributed by atoms with Gasteiger partial charge in [-0.2, -0.15) is 15.0 Å². The fraction of sp³-hybridized carbons (Fsp3) is 0.407. The maximum atomic E-state index is 13.5. The summed E-state index contributed by atoms with van der Waals surface area (Å²) in [5.41, 5.74) is 2.48. The standard InChI is InChI=1S/C27H35FN8O/c1-17-9-10-18(23(37)30-20-8-6-7-19(28)14-20)13-22(17)32-25-33-24(31-21-11-12-29-15-21)34-26(35-25)36(5)16-27(2,3)4/h6-10,13-14,21,29H,11-12,15-16H2,1-5H3,(H,30,37)(H2,31,32,33,34,35)/t21-/m0/s1. The molecule has 2 heterocycles. The molecule has 1 aromatic heterocycles. The fourth-order valence-corrected chi connectivity index (χ4v) is 4.19. The summed E-state index contributed by atoms with van der Waals surface area (Å²) < 4.78 is 13.5. The summed E-state index contributed by atoms with van der Waals surface area (Å²) in [6.45, 7) is 11.0. The van der Waals surface area contributed by atoms with Crippen LogP contribution in [0, 0.1) is 18.2 Å². The molecule has 0 bridgehead atoms.